The fourth-order valence-electron chi connectivity index (χ4n) is 4.62. The predicted octanol–water partition coefficient (Wildman–Crippen LogP) is 1.98. The van der Waals surface area contributed by atoms with Crippen LogP contribution in [0.15, 0.2) is 44.4 Å². The summed E-state index contributed by atoms with van der Waals surface area (Å²) in [6.07, 6.45) is 5.96. The number of hydrogen-bond donors (Lipinski definition) is 0. The first-order valence-electron chi connectivity index (χ1n) is 10.3. The van der Waals surface area contributed by atoms with Crippen molar-refractivity contribution < 1.29 is 8.42 Å². The largest absolute Gasteiger partial charge is 0.355 e. The summed E-state index contributed by atoms with van der Waals surface area (Å²) in [6, 6.07) is 8.77. The number of aryl methyl sites for hydroxylation is 2. The lowest BCUT2D eigenvalue weighted by Crippen LogP contribution is -2.40. The second-order valence-corrected chi connectivity index (χ2v) is 9.73. The van der Waals surface area contributed by atoms with Crippen LogP contribution in [0.5, 0.6) is 0 Å². The minimum Gasteiger partial charge on any atom is -0.355 e. The molecule has 0 saturated carbocycles. The van der Waals surface area contributed by atoms with Crippen LogP contribution in [0.2, 0.25) is 0 Å². The lowest BCUT2D eigenvalue weighted by atomic mass is 9.95. The minimum atomic E-state index is -3.59. The summed E-state index contributed by atoms with van der Waals surface area (Å²) in [6.45, 7) is 2.08. The number of aromatic nitrogens is 2. The molecule has 3 aliphatic rings. The van der Waals surface area contributed by atoms with Crippen LogP contribution < -0.4 is 5.56 Å². The zero-order valence-corrected chi connectivity index (χ0v) is 17.1. The highest BCUT2D eigenvalue weighted by Crippen LogP contribution is 2.30. The Hall–Kier alpha value is -2.48. The third-order valence-electron chi connectivity index (χ3n) is 6.23. The monoisotopic (exact) mass is 412 g/mol. The summed E-state index contributed by atoms with van der Waals surface area (Å²) in [5, 5.41) is 4.64. The fourth-order valence-corrected chi connectivity index (χ4v) is 5.85. The van der Waals surface area contributed by atoms with E-state index in [-0.39, 0.29) is 5.56 Å². The molecular weight excluding hydrogens is 388 g/mol. The van der Waals surface area contributed by atoms with E-state index in [1.165, 1.54) is 0 Å². The van der Waals surface area contributed by atoms with E-state index in [1.807, 2.05) is 12.1 Å². The van der Waals surface area contributed by atoms with E-state index < -0.39 is 10.0 Å². The van der Waals surface area contributed by atoms with Crippen molar-refractivity contribution in [2.45, 2.75) is 50.0 Å². The van der Waals surface area contributed by atoms with Gasteiger partial charge in [0.05, 0.1) is 5.69 Å². The van der Waals surface area contributed by atoms with Crippen LogP contribution in [-0.2, 0) is 29.4 Å². The first-order chi connectivity index (χ1) is 14.0. The van der Waals surface area contributed by atoms with E-state index in [1.54, 1.807) is 22.9 Å². The summed E-state index contributed by atoms with van der Waals surface area (Å²) in [5.41, 5.74) is 2.88. The van der Waals surface area contributed by atoms with Gasteiger partial charge in [-0.25, -0.2) is 4.68 Å². The molecule has 2 aromatic rings. The molecule has 1 saturated heterocycles. The van der Waals surface area contributed by atoms with Crippen molar-refractivity contribution in [1.82, 2.24) is 14.7 Å². The Balaban J connectivity index is 1.29. The first kappa shape index (κ1) is 18.5. The van der Waals surface area contributed by atoms with Gasteiger partial charge in [0.25, 0.3) is 15.6 Å². The van der Waals surface area contributed by atoms with E-state index in [0.29, 0.717) is 28.8 Å². The molecule has 1 fully saturated rings. The Kier molecular flexibility index (Phi) is 4.53. The van der Waals surface area contributed by atoms with Crippen molar-refractivity contribution in [1.29, 1.82) is 0 Å². The highest BCUT2D eigenvalue weighted by atomic mass is 32.2. The zero-order valence-electron chi connectivity index (χ0n) is 16.2. The minimum absolute atomic E-state index is 0.00623. The SMILES string of the molecule is O=c1cc2c(nn1CC1CCN(C3=NS(=O)(=O)c4ccccc43)CC1)CCCC2. The molecule has 152 valence electrons. The number of rotatable bonds is 2. The van der Waals surface area contributed by atoms with Gasteiger partial charge in [0, 0.05) is 31.3 Å². The topological polar surface area (TPSA) is 84.6 Å². The summed E-state index contributed by atoms with van der Waals surface area (Å²) in [4.78, 5) is 14.8. The number of sulfonamides is 1. The van der Waals surface area contributed by atoms with Crippen LogP contribution in [0, 0.1) is 5.92 Å². The Morgan fingerprint density at radius 2 is 1.83 bits per heavy atom. The molecule has 8 heteroatoms. The van der Waals surface area contributed by atoms with Gasteiger partial charge < -0.3 is 4.90 Å². The number of fused-ring (bicyclic) bond motifs is 2. The first-order valence-corrected chi connectivity index (χ1v) is 11.7. The quantitative estimate of drug-likeness (QED) is 0.753. The van der Waals surface area contributed by atoms with Crippen molar-refractivity contribution in [2.75, 3.05) is 13.1 Å². The van der Waals surface area contributed by atoms with Crippen molar-refractivity contribution in [3.63, 3.8) is 0 Å². The number of hydrogen-bond acceptors (Lipinski definition) is 5. The Morgan fingerprint density at radius 1 is 1.07 bits per heavy atom. The molecule has 2 aliphatic heterocycles. The van der Waals surface area contributed by atoms with Gasteiger partial charge in [-0.2, -0.15) is 13.5 Å². The van der Waals surface area contributed by atoms with Gasteiger partial charge >= 0.3 is 0 Å². The molecule has 1 aromatic carbocycles. The van der Waals surface area contributed by atoms with Crippen molar-refractivity contribution in [3.05, 3.63) is 57.5 Å². The van der Waals surface area contributed by atoms with Gasteiger partial charge in [-0.15, -0.1) is 4.40 Å². The molecule has 0 unspecified atom stereocenters. The van der Waals surface area contributed by atoms with Gasteiger partial charge in [-0.3, -0.25) is 4.79 Å². The molecule has 29 heavy (non-hydrogen) atoms. The maximum Gasteiger partial charge on any atom is 0.285 e. The molecular formula is C21H24N4O3S. The highest BCUT2D eigenvalue weighted by Gasteiger charge is 2.33. The number of benzene rings is 1. The summed E-state index contributed by atoms with van der Waals surface area (Å²) < 4.78 is 30.3. The molecule has 0 atom stereocenters. The molecule has 0 amide bonds. The third kappa shape index (κ3) is 3.39. The van der Waals surface area contributed by atoms with Gasteiger partial charge in [0.2, 0.25) is 0 Å². The number of nitrogens with zero attached hydrogens (tertiary/aromatic N) is 4. The highest BCUT2D eigenvalue weighted by molar-refractivity contribution is 7.90. The van der Waals surface area contributed by atoms with Crippen molar-refractivity contribution >= 4 is 15.9 Å². The lowest BCUT2D eigenvalue weighted by molar-refractivity contribution is 0.237. The molecule has 5 rings (SSSR count). The summed E-state index contributed by atoms with van der Waals surface area (Å²) >= 11 is 0. The van der Waals surface area contributed by atoms with Gasteiger partial charge in [-0.05, 0) is 62.1 Å². The summed E-state index contributed by atoms with van der Waals surface area (Å²) in [5.74, 6) is 0.912. The second-order valence-electron chi connectivity index (χ2n) is 8.16. The molecule has 3 heterocycles. The van der Waals surface area contributed by atoms with Gasteiger partial charge in [0.1, 0.15) is 4.90 Å². The van der Waals surface area contributed by atoms with E-state index in [2.05, 4.69) is 14.4 Å². The second kappa shape index (κ2) is 7.09. The third-order valence-corrected chi connectivity index (χ3v) is 7.56. The maximum absolute atomic E-state index is 12.5. The zero-order chi connectivity index (χ0) is 20.0. The normalized spacial score (nSPS) is 20.8. The Bertz CT molecular complexity index is 1140. The van der Waals surface area contributed by atoms with E-state index in [9.17, 15) is 13.2 Å². The van der Waals surface area contributed by atoms with Crippen LogP contribution in [0.1, 0.15) is 42.5 Å². The number of piperidine rings is 1. The molecule has 1 aliphatic carbocycles. The maximum atomic E-state index is 12.5. The number of likely N-dealkylation sites (tertiary alicyclic amines) is 1. The molecule has 0 spiro atoms. The average Bonchev–Trinajstić information content (AvgIpc) is 3.00. The predicted molar refractivity (Wildman–Crippen MR) is 110 cm³/mol. The van der Waals surface area contributed by atoms with E-state index in [0.717, 1.165) is 62.9 Å². The van der Waals surface area contributed by atoms with Crippen LogP contribution >= 0.6 is 0 Å². The van der Waals surface area contributed by atoms with Crippen molar-refractivity contribution in [2.24, 2.45) is 10.3 Å². The fraction of sp³-hybridized carbons (Fsp3) is 0.476. The smallest absolute Gasteiger partial charge is 0.285 e. The van der Waals surface area contributed by atoms with Gasteiger partial charge in [0.15, 0.2) is 5.84 Å². The molecule has 7 nitrogen and oxygen atoms in total. The molecule has 1 aromatic heterocycles. The van der Waals surface area contributed by atoms with Crippen LogP contribution in [0.25, 0.3) is 0 Å². The average molecular weight is 413 g/mol. The van der Waals surface area contributed by atoms with E-state index >= 15 is 0 Å². The standard InChI is InChI=1S/C21H24N4O3S/c26-20-13-16-5-1-3-7-18(16)22-25(20)14-15-9-11-24(12-10-15)21-17-6-2-4-8-19(17)29(27,28)23-21/h2,4,6,8,13,15H,1,3,5,7,9-12,14H2. The van der Waals surface area contributed by atoms with Crippen LogP contribution in [0.4, 0.5) is 0 Å². The Labute approximate surface area is 170 Å². The van der Waals surface area contributed by atoms with E-state index in [4.69, 9.17) is 0 Å². The van der Waals surface area contributed by atoms with Crippen molar-refractivity contribution in [3.8, 4) is 0 Å². The summed E-state index contributed by atoms with van der Waals surface area (Å²) in [7, 11) is -3.59. The number of amidine groups is 1. The van der Waals surface area contributed by atoms with Crippen LogP contribution in [-0.4, -0.2) is 42.0 Å². The Morgan fingerprint density at radius 3 is 2.66 bits per heavy atom. The molecule has 0 radical (unpaired) electrons. The molecule has 0 bridgehead atoms. The van der Waals surface area contributed by atoms with Gasteiger partial charge in [-0.1, -0.05) is 12.1 Å². The lowest BCUT2D eigenvalue weighted by Gasteiger charge is -2.33. The van der Waals surface area contributed by atoms with Crippen LogP contribution in [0.3, 0.4) is 0 Å². The molecule has 0 N–H and O–H groups in total.